The van der Waals surface area contributed by atoms with Crippen molar-refractivity contribution in [1.29, 1.82) is 0 Å². The van der Waals surface area contributed by atoms with Crippen LogP contribution in [0, 0.1) is 23.2 Å². The van der Waals surface area contributed by atoms with Crippen LogP contribution in [0.5, 0.6) is 0 Å². The minimum atomic E-state index is 0.544. The summed E-state index contributed by atoms with van der Waals surface area (Å²) in [7, 11) is 0. The van der Waals surface area contributed by atoms with Crippen LogP contribution in [0.2, 0.25) is 0 Å². The van der Waals surface area contributed by atoms with Gasteiger partial charge < -0.3 is 0 Å². The Morgan fingerprint density at radius 2 is 1.43 bits per heavy atom. The third-order valence-corrected chi connectivity index (χ3v) is 4.61. The monoisotopic (exact) mass is 198 g/mol. The second-order valence-electron chi connectivity index (χ2n) is 5.73. The predicted octanol–water partition coefficient (Wildman–Crippen LogP) is 5.13. The second kappa shape index (κ2) is 5.78. The van der Waals surface area contributed by atoms with Gasteiger partial charge in [-0.05, 0) is 29.6 Å². The Morgan fingerprint density at radius 3 is 1.71 bits per heavy atom. The average Bonchev–Trinajstić information content (AvgIpc) is 2.15. The number of hydrogen-bond acceptors (Lipinski definition) is 0. The normalized spacial score (nSPS) is 20.6. The van der Waals surface area contributed by atoms with Crippen molar-refractivity contribution in [1.82, 2.24) is 0 Å². The molecular formula is C14H30. The maximum atomic E-state index is 2.45. The van der Waals surface area contributed by atoms with Crippen LogP contribution in [0.4, 0.5) is 0 Å². The summed E-state index contributed by atoms with van der Waals surface area (Å²) in [4.78, 5) is 0. The first kappa shape index (κ1) is 14.0. The standard InChI is InChI=1S/C14H30/c1-8-12(5)13(6)10-14(7,9-2)11(3)4/h11-13H,8-10H2,1-7H3. The fourth-order valence-corrected chi connectivity index (χ4v) is 2.13. The maximum Gasteiger partial charge on any atom is -0.0303 e. The molecule has 0 amide bonds. The van der Waals surface area contributed by atoms with Gasteiger partial charge in [-0.3, -0.25) is 0 Å². The van der Waals surface area contributed by atoms with Gasteiger partial charge in [0.25, 0.3) is 0 Å². The van der Waals surface area contributed by atoms with E-state index in [0.29, 0.717) is 5.41 Å². The molecule has 3 unspecified atom stereocenters. The smallest absolute Gasteiger partial charge is 0.0303 e. The molecule has 0 aliphatic heterocycles. The van der Waals surface area contributed by atoms with Gasteiger partial charge >= 0.3 is 0 Å². The highest BCUT2D eigenvalue weighted by Crippen LogP contribution is 2.39. The first-order chi connectivity index (χ1) is 6.37. The van der Waals surface area contributed by atoms with E-state index in [9.17, 15) is 0 Å². The van der Waals surface area contributed by atoms with Crippen LogP contribution in [-0.2, 0) is 0 Å². The van der Waals surface area contributed by atoms with Gasteiger partial charge in [-0.25, -0.2) is 0 Å². The summed E-state index contributed by atoms with van der Waals surface area (Å²) >= 11 is 0. The molecule has 0 spiro atoms. The van der Waals surface area contributed by atoms with Crippen molar-refractivity contribution in [2.24, 2.45) is 23.2 Å². The van der Waals surface area contributed by atoms with Crippen LogP contribution in [-0.4, -0.2) is 0 Å². The van der Waals surface area contributed by atoms with Gasteiger partial charge in [0, 0.05) is 0 Å². The summed E-state index contributed by atoms with van der Waals surface area (Å²) in [5.74, 6) is 2.55. The molecule has 0 N–H and O–H groups in total. The number of rotatable bonds is 6. The van der Waals surface area contributed by atoms with Crippen LogP contribution >= 0.6 is 0 Å². The molecule has 0 bridgehead atoms. The summed E-state index contributed by atoms with van der Waals surface area (Å²) in [5, 5.41) is 0. The highest BCUT2D eigenvalue weighted by atomic mass is 14.3. The van der Waals surface area contributed by atoms with Crippen LogP contribution in [0.1, 0.15) is 67.7 Å². The molecule has 0 nitrogen and oxygen atoms in total. The zero-order chi connectivity index (χ0) is 11.4. The summed E-state index contributed by atoms with van der Waals surface area (Å²) in [5.41, 5.74) is 0.544. The molecule has 14 heavy (non-hydrogen) atoms. The molecule has 0 aromatic carbocycles. The second-order valence-corrected chi connectivity index (χ2v) is 5.73. The van der Waals surface area contributed by atoms with Crippen LogP contribution in [0.3, 0.4) is 0 Å². The lowest BCUT2D eigenvalue weighted by Crippen LogP contribution is -2.27. The molecule has 0 fully saturated rings. The third-order valence-electron chi connectivity index (χ3n) is 4.61. The fraction of sp³-hybridized carbons (Fsp3) is 1.00. The van der Waals surface area contributed by atoms with E-state index in [0.717, 1.165) is 17.8 Å². The van der Waals surface area contributed by atoms with E-state index in [1.54, 1.807) is 0 Å². The molecule has 0 aromatic rings. The zero-order valence-electron chi connectivity index (χ0n) is 11.4. The van der Waals surface area contributed by atoms with Gasteiger partial charge in [0.05, 0.1) is 0 Å². The van der Waals surface area contributed by atoms with E-state index >= 15 is 0 Å². The molecule has 0 heterocycles. The third kappa shape index (κ3) is 3.63. The highest BCUT2D eigenvalue weighted by Gasteiger charge is 2.29. The maximum absolute atomic E-state index is 2.45. The Kier molecular flexibility index (Phi) is 5.78. The Hall–Kier alpha value is 0. The molecule has 0 saturated heterocycles. The fourth-order valence-electron chi connectivity index (χ4n) is 2.13. The van der Waals surface area contributed by atoms with E-state index in [1.165, 1.54) is 19.3 Å². The molecular weight excluding hydrogens is 168 g/mol. The first-order valence-electron chi connectivity index (χ1n) is 6.37. The van der Waals surface area contributed by atoms with Crippen molar-refractivity contribution in [3.63, 3.8) is 0 Å². The Balaban J connectivity index is 4.31. The molecule has 0 aliphatic carbocycles. The number of hydrogen-bond donors (Lipinski definition) is 0. The van der Waals surface area contributed by atoms with Gasteiger partial charge in [0.1, 0.15) is 0 Å². The van der Waals surface area contributed by atoms with Crippen molar-refractivity contribution in [2.45, 2.75) is 67.7 Å². The molecule has 0 saturated carbocycles. The molecule has 3 atom stereocenters. The van der Waals surface area contributed by atoms with Gasteiger partial charge in [-0.15, -0.1) is 0 Å². The van der Waals surface area contributed by atoms with E-state index in [1.807, 2.05) is 0 Å². The predicted molar refractivity (Wildman–Crippen MR) is 66.5 cm³/mol. The van der Waals surface area contributed by atoms with E-state index < -0.39 is 0 Å². The van der Waals surface area contributed by atoms with Gasteiger partial charge in [-0.1, -0.05) is 61.3 Å². The van der Waals surface area contributed by atoms with Crippen molar-refractivity contribution in [2.75, 3.05) is 0 Å². The van der Waals surface area contributed by atoms with Crippen molar-refractivity contribution < 1.29 is 0 Å². The van der Waals surface area contributed by atoms with Crippen molar-refractivity contribution in [3.05, 3.63) is 0 Å². The molecule has 0 heteroatoms. The summed E-state index contributed by atoms with van der Waals surface area (Å²) in [6.45, 7) is 16.6. The largest absolute Gasteiger partial charge is 0.0651 e. The van der Waals surface area contributed by atoms with Gasteiger partial charge in [0.15, 0.2) is 0 Å². The van der Waals surface area contributed by atoms with Crippen molar-refractivity contribution in [3.8, 4) is 0 Å². The topological polar surface area (TPSA) is 0 Å². The highest BCUT2D eigenvalue weighted by molar-refractivity contribution is 4.79. The minimum Gasteiger partial charge on any atom is -0.0651 e. The van der Waals surface area contributed by atoms with Gasteiger partial charge in [0.2, 0.25) is 0 Å². The summed E-state index contributed by atoms with van der Waals surface area (Å²) in [6.07, 6.45) is 4.01. The van der Waals surface area contributed by atoms with Crippen LogP contribution in [0.25, 0.3) is 0 Å². The Labute approximate surface area is 91.5 Å². The summed E-state index contributed by atoms with van der Waals surface area (Å²) in [6, 6.07) is 0. The molecule has 0 aliphatic rings. The molecule has 86 valence electrons. The van der Waals surface area contributed by atoms with E-state index in [4.69, 9.17) is 0 Å². The zero-order valence-corrected chi connectivity index (χ0v) is 11.4. The van der Waals surface area contributed by atoms with E-state index in [2.05, 4.69) is 48.5 Å². The van der Waals surface area contributed by atoms with Crippen LogP contribution < -0.4 is 0 Å². The minimum absolute atomic E-state index is 0.544. The quantitative estimate of drug-likeness (QED) is 0.555. The molecule has 0 radical (unpaired) electrons. The van der Waals surface area contributed by atoms with Crippen LogP contribution in [0.15, 0.2) is 0 Å². The lowest BCUT2D eigenvalue weighted by Gasteiger charge is -2.37. The Morgan fingerprint density at radius 1 is 0.929 bits per heavy atom. The van der Waals surface area contributed by atoms with Gasteiger partial charge in [-0.2, -0.15) is 0 Å². The Bertz CT molecular complexity index is 148. The molecule has 0 rings (SSSR count). The lowest BCUT2D eigenvalue weighted by atomic mass is 9.69. The lowest BCUT2D eigenvalue weighted by molar-refractivity contribution is 0.137. The SMILES string of the molecule is CCC(C)C(C)CC(C)(CC)C(C)C. The summed E-state index contributed by atoms with van der Waals surface area (Å²) < 4.78 is 0. The average molecular weight is 198 g/mol. The first-order valence-corrected chi connectivity index (χ1v) is 6.37. The van der Waals surface area contributed by atoms with E-state index in [-0.39, 0.29) is 0 Å². The van der Waals surface area contributed by atoms with Crippen molar-refractivity contribution >= 4 is 0 Å². The molecule has 0 aromatic heterocycles.